The van der Waals surface area contributed by atoms with Crippen molar-refractivity contribution in [3.63, 3.8) is 0 Å². The van der Waals surface area contributed by atoms with Gasteiger partial charge in [-0.1, -0.05) is 0 Å². The zero-order valence-corrected chi connectivity index (χ0v) is 11.3. The van der Waals surface area contributed by atoms with Crippen LogP contribution in [0.25, 0.3) is 0 Å². The molecule has 0 aromatic rings. The molecule has 0 aliphatic heterocycles. The lowest BCUT2D eigenvalue weighted by Gasteiger charge is -2.54. The van der Waals surface area contributed by atoms with E-state index in [1.54, 1.807) is 0 Å². The molecule has 0 saturated heterocycles. The summed E-state index contributed by atoms with van der Waals surface area (Å²) < 4.78 is 10.3. The van der Waals surface area contributed by atoms with Gasteiger partial charge in [0.05, 0.1) is 7.11 Å². The third kappa shape index (κ3) is 2.13. The molecule has 2 fully saturated rings. The molecule has 0 spiro atoms. The predicted octanol–water partition coefficient (Wildman–Crippen LogP) is 2.60. The Balaban J connectivity index is 1.93. The Kier molecular flexibility index (Phi) is 3.64. The summed E-state index contributed by atoms with van der Waals surface area (Å²) in [5, 5.41) is 0. The summed E-state index contributed by atoms with van der Waals surface area (Å²) in [6.45, 7) is 1.49. The lowest BCUT2D eigenvalue weighted by Crippen LogP contribution is -2.55. The first-order valence-electron chi connectivity index (χ1n) is 6.80. The molecular weight excluding hydrogens is 232 g/mol. The number of methoxy groups -OCH3 is 1. The lowest BCUT2D eigenvalue weighted by atomic mass is 9.56. The first-order chi connectivity index (χ1) is 8.54. The maximum atomic E-state index is 11.3. The SMILES string of the molecule is COC(=O)CCCC12CCCC1(OC(C)=O)CC2. The van der Waals surface area contributed by atoms with E-state index >= 15 is 0 Å². The minimum Gasteiger partial charge on any atom is -0.469 e. The van der Waals surface area contributed by atoms with Gasteiger partial charge in [-0.3, -0.25) is 9.59 Å². The number of hydrogen-bond acceptors (Lipinski definition) is 4. The zero-order valence-electron chi connectivity index (χ0n) is 11.3. The second-order valence-corrected chi connectivity index (χ2v) is 5.65. The van der Waals surface area contributed by atoms with Gasteiger partial charge in [-0.2, -0.15) is 0 Å². The highest BCUT2D eigenvalue weighted by Gasteiger charge is 2.63. The molecule has 0 N–H and O–H groups in total. The van der Waals surface area contributed by atoms with Crippen molar-refractivity contribution >= 4 is 11.9 Å². The Hall–Kier alpha value is -1.06. The van der Waals surface area contributed by atoms with E-state index in [4.69, 9.17) is 4.74 Å². The van der Waals surface area contributed by atoms with Crippen LogP contribution in [0.1, 0.15) is 58.3 Å². The molecule has 0 heterocycles. The van der Waals surface area contributed by atoms with Gasteiger partial charge >= 0.3 is 11.9 Å². The number of rotatable bonds is 5. The fraction of sp³-hybridized carbons (Fsp3) is 0.857. The molecular formula is C14H22O4. The summed E-state index contributed by atoms with van der Waals surface area (Å²) in [7, 11) is 1.42. The molecule has 0 amide bonds. The number of hydrogen-bond donors (Lipinski definition) is 0. The maximum Gasteiger partial charge on any atom is 0.305 e. The minimum absolute atomic E-state index is 0.146. The van der Waals surface area contributed by atoms with Crippen LogP contribution in [0.3, 0.4) is 0 Å². The summed E-state index contributed by atoms with van der Waals surface area (Å²) >= 11 is 0. The third-order valence-corrected chi connectivity index (χ3v) is 4.81. The fourth-order valence-electron chi connectivity index (χ4n) is 3.85. The first-order valence-corrected chi connectivity index (χ1v) is 6.80. The van der Waals surface area contributed by atoms with Gasteiger partial charge in [0.1, 0.15) is 5.60 Å². The highest BCUT2D eigenvalue weighted by atomic mass is 16.6. The Morgan fingerprint density at radius 3 is 2.50 bits per heavy atom. The van der Waals surface area contributed by atoms with Crippen LogP contribution in [0.15, 0.2) is 0 Å². The first kappa shape index (κ1) is 13.4. The number of fused-ring (bicyclic) bond motifs is 1. The van der Waals surface area contributed by atoms with Crippen LogP contribution in [-0.4, -0.2) is 24.6 Å². The summed E-state index contributed by atoms with van der Waals surface area (Å²) in [6, 6.07) is 0. The molecule has 2 atom stereocenters. The summed E-state index contributed by atoms with van der Waals surface area (Å²) in [6.07, 6.45) is 7.63. The van der Waals surface area contributed by atoms with Crippen molar-refractivity contribution in [3.8, 4) is 0 Å². The van der Waals surface area contributed by atoms with Crippen molar-refractivity contribution in [2.24, 2.45) is 5.41 Å². The van der Waals surface area contributed by atoms with E-state index in [1.807, 2.05) is 0 Å². The summed E-state index contributed by atoms with van der Waals surface area (Å²) in [4.78, 5) is 22.4. The van der Waals surface area contributed by atoms with Crippen molar-refractivity contribution in [1.29, 1.82) is 0 Å². The molecule has 2 rings (SSSR count). The molecule has 4 nitrogen and oxygen atoms in total. The van der Waals surface area contributed by atoms with Gasteiger partial charge < -0.3 is 9.47 Å². The average Bonchev–Trinajstić information content (AvgIpc) is 2.54. The second kappa shape index (κ2) is 4.90. The highest BCUT2D eigenvalue weighted by molar-refractivity contribution is 5.69. The van der Waals surface area contributed by atoms with Gasteiger partial charge in [-0.15, -0.1) is 0 Å². The van der Waals surface area contributed by atoms with Gasteiger partial charge in [-0.05, 0) is 44.9 Å². The van der Waals surface area contributed by atoms with Crippen molar-refractivity contribution in [1.82, 2.24) is 0 Å². The Morgan fingerprint density at radius 1 is 1.17 bits per heavy atom. The predicted molar refractivity (Wildman–Crippen MR) is 65.9 cm³/mol. The summed E-state index contributed by atoms with van der Waals surface area (Å²) in [5.41, 5.74) is -0.0678. The standard InChI is InChI=1S/C14H22O4/c1-11(15)18-14-8-4-7-13(14,9-10-14)6-3-5-12(16)17-2/h3-10H2,1-2H3. The van der Waals surface area contributed by atoms with Gasteiger partial charge in [0.25, 0.3) is 0 Å². The Morgan fingerprint density at radius 2 is 1.94 bits per heavy atom. The maximum absolute atomic E-state index is 11.3. The molecule has 0 bridgehead atoms. The monoisotopic (exact) mass is 254 g/mol. The zero-order chi connectivity index (χ0) is 13.2. The van der Waals surface area contributed by atoms with Gasteiger partial charge in [0, 0.05) is 18.8 Å². The van der Waals surface area contributed by atoms with E-state index in [1.165, 1.54) is 14.0 Å². The van der Waals surface area contributed by atoms with E-state index < -0.39 is 0 Å². The van der Waals surface area contributed by atoms with E-state index in [9.17, 15) is 9.59 Å². The molecule has 2 unspecified atom stereocenters. The molecule has 0 radical (unpaired) electrons. The van der Waals surface area contributed by atoms with Gasteiger partial charge in [0.2, 0.25) is 0 Å². The molecule has 2 aliphatic rings. The van der Waals surface area contributed by atoms with Crippen LogP contribution in [0.2, 0.25) is 0 Å². The quantitative estimate of drug-likeness (QED) is 0.708. The molecule has 2 saturated carbocycles. The van der Waals surface area contributed by atoms with Crippen LogP contribution in [0, 0.1) is 5.41 Å². The molecule has 102 valence electrons. The van der Waals surface area contributed by atoms with E-state index in [0.717, 1.165) is 44.9 Å². The van der Waals surface area contributed by atoms with Crippen LogP contribution in [0.4, 0.5) is 0 Å². The average molecular weight is 254 g/mol. The van der Waals surface area contributed by atoms with Gasteiger partial charge in [0.15, 0.2) is 0 Å². The number of carbonyl (C=O) groups is 2. The Bertz CT molecular complexity index is 352. The number of ether oxygens (including phenoxy) is 2. The fourth-order valence-corrected chi connectivity index (χ4v) is 3.85. The molecule has 2 aliphatic carbocycles. The van der Waals surface area contributed by atoms with Crippen molar-refractivity contribution in [2.45, 2.75) is 63.9 Å². The minimum atomic E-state index is -0.213. The molecule has 0 aromatic heterocycles. The molecule has 18 heavy (non-hydrogen) atoms. The third-order valence-electron chi connectivity index (χ3n) is 4.81. The lowest BCUT2D eigenvalue weighted by molar-refractivity contribution is -0.199. The largest absolute Gasteiger partial charge is 0.469 e. The smallest absolute Gasteiger partial charge is 0.305 e. The normalized spacial score (nSPS) is 33.4. The Labute approximate surface area is 108 Å². The highest BCUT2D eigenvalue weighted by Crippen LogP contribution is 2.64. The van der Waals surface area contributed by atoms with Crippen molar-refractivity contribution < 1.29 is 19.1 Å². The van der Waals surface area contributed by atoms with E-state index in [2.05, 4.69) is 4.74 Å². The number of esters is 2. The number of carbonyl (C=O) groups excluding carboxylic acids is 2. The van der Waals surface area contributed by atoms with E-state index in [0.29, 0.717) is 6.42 Å². The van der Waals surface area contributed by atoms with Crippen LogP contribution < -0.4 is 0 Å². The van der Waals surface area contributed by atoms with Crippen molar-refractivity contribution in [2.75, 3.05) is 7.11 Å². The molecule has 0 aromatic carbocycles. The van der Waals surface area contributed by atoms with E-state index in [-0.39, 0.29) is 23.0 Å². The van der Waals surface area contributed by atoms with Crippen LogP contribution in [-0.2, 0) is 19.1 Å². The second-order valence-electron chi connectivity index (χ2n) is 5.65. The summed E-state index contributed by atoms with van der Waals surface area (Å²) in [5.74, 6) is -0.323. The van der Waals surface area contributed by atoms with Crippen LogP contribution >= 0.6 is 0 Å². The molecule has 4 heteroatoms. The van der Waals surface area contributed by atoms with Crippen LogP contribution in [0.5, 0.6) is 0 Å². The van der Waals surface area contributed by atoms with Crippen molar-refractivity contribution in [3.05, 3.63) is 0 Å². The van der Waals surface area contributed by atoms with Gasteiger partial charge in [-0.25, -0.2) is 0 Å². The topological polar surface area (TPSA) is 52.6 Å².